The number of nitrogens with zero attached hydrogens (tertiary/aromatic N) is 4. The Morgan fingerprint density at radius 2 is 0.889 bits per heavy atom. The first-order valence-corrected chi connectivity index (χ1v) is 18.6. The molecule has 3 heterocycles. The highest BCUT2D eigenvalue weighted by Crippen LogP contribution is 2.64. The SMILES string of the molecule is c1ccc(N2c3ccccc3C3(c4ccccc4-c4ccc(N5c6ccccc6-c6ccccc6-n6c5nc5ccccc56)cc43)c3ccccc32)cc1. The van der Waals surface area contributed by atoms with Gasteiger partial charge in [-0.05, 0) is 94.0 Å². The third-order valence-electron chi connectivity index (χ3n) is 11.7. The maximum atomic E-state index is 5.40. The van der Waals surface area contributed by atoms with Crippen molar-refractivity contribution in [3.63, 3.8) is 0 Å². The van der Waals surface area contributed by atoms with Gasteiger partial charge in [0.05, 0.1) is 39.2 Å². The highest BCUT2D eigenvalue weighted by atomic mass is 15.3. The number of aromatic nitrogens is 2. The Bertz CT molecular complexity index is 2930. The van der Waals surface area contributed by atoms with E-state index in [4.69, 9.17) is 4.98 Å². The Morgan fingerprint density at radius 3 is 1.63 bits per heavy atom. The van der Waals surface area contributed by atoms with E-state index in [1.165, 1.54) is 55.9 Å². The number of benzene rings is 8. The highest BCUT2D eigenvalue weighted by Gasteiger charge is 2.52. The smallest absolute Gasteiger partial charge is 0.220 e. The topological polar surface area (TPSA) is 24.3 Å². The summed E-state index contributed by atoms with van der Waals surface area (Å²) >= 11 is 0. The van der Waals surface area contributed by atoms with Gasteiger partial charge < -0.3 is 4.90 Å². The van der Waals surface area contributed by atoms with Crippen LogP contribution in [0.4, 0.5) is 34.4 Å². The average molecular weight is 689 g/mol. The van der Waals surface area contributed by atoms with Crippen LogP contribution < -0.4 is 9.80 Å². The van der Waals surface area contributed by atoms with E-state index in [0.717, 1.165) is 39.7 Å². The molecule has 12 rings (SSSR count). The molecule has 1 aliphatic carbocycles. The van der Waals surface area contributed by atoms with Crippen molar-refractivity contribution >= 4 is 45.4 Å². The van der Waals surface area contributed by atoms with Crippen molar-refractivity contribution < 1.29 is 0 Å². The average Bonchev–Trinajstić information content (AvgIpc) is 3.72. The second kappa shape index (κ2) is 10.9. The van der Waals surface area contributed by atoms with E-state index in [1.54, 1.807) is 0 Å². The van der Waals surface area contributed by atoms with Gasteiger partial charge in [0.15, 0.2) is 0 Å². The van der Waals surface area contributed by atoms with Crippen LogP contribution in [0, 0.1) is 0 Å². The third-order valence-corrected chi connectivity index (χ3v) is 11.7. The minimum absolute atomic E-state index is 0.561. The lowest BCUT2D eigenvalue weighted by atomic mass is 9.64. The fraction of sp³-hybridized carbons (Fsp3) is 0.0200. The summed E-state index contributed by atoms with van der Waals surface area (Å²) in [5.41, 5.74) is 18.3. The van der Waals surface area contributed by atoms with Crippen LogP contribution in [0.1, 0.15) is 22.3 Å². The molecule has 1 spiro atoms. The molecule has 0 saturated carbocycles. The minimum Gasteiger partial charge on any atom is -0.310 e. The first kappa shape index (κ1) is 29.4. The lowest BCUT2D eigenvalue weighted by Gasteiger charge is -2.45. The van der Waals surface area contributed by atoms with Gasteiger partial charge in [-0.25, -0.2) is 4.98 Å². The molecule has 3 aliphatic rings. The lowest BCUT2D eigenvalue weighted by Crippen LogP contribution is -2.36. The summed E-state index contributed by atoms with van der Waals surface area (Å²) in [6.45, 7) is 0. The van der Waals surface area contributed by atoms with E-state index >= 15 is 0 Å². The number of para-hydroxylation sites is 7. The summed E-state index contributed by atoms with van der Waals surface area (Å²) in [4.78, 5) is 10.2. The predicted molar refractivity (Wildman–Crippen MR) is 220 cm³/mol. The van der Waals surface area contributed by atoms with Crippen LogP contribution in [0.15, 0.2) is 194 Å². The molecule has 2 aliphatic heterocycles. The van der Waals surface area contributed by atoms with Gasteiger partial charge >= 0.3 is 0 Å². The Hall–Kier alpha value is -7.17. The van der Waals surface area contributed by atoms with Gasteiger partial charge in [0.1, 0.15) is 0 Å². The van der Waals surface area contributed by atoms with Gasteiger partial charge in [-0.2, -0.15) is 0 Å². The molecule has 1 aromatic heterocycles. The normalized spacial score (nSPS) is 14.0. The lowest BCUT2D eigenvalue weighted by molar-refractivity contribution is 0.752. The molecule has 0 saturated heterocycles. The number of hydrogen-bond donors (Lipinski definition) is 0. The van der Waals surface area contributed by atoms with Crippen LogP contribution in [-0.2, 0) is 5.41 Å². The molecule has 0 N–H and O–H groups in total. The van der Waals surface area contributed by atoms with Crippen molar-refractivity contribution in [1.29, 1.82) is 0 Å². The molecule has 252 valence electrons. The molecule has 4 heteroatoms. The Kier molecular flexibility index (Phi) is 5.95. The maximum Gasteiger partial charge on any atom is 0.220 e. The van der Waals surface area contributed by atoms with E-state index in [1.807, 2.05) is 0 Å². The molecule has 0 atom stereocenters. The summed E-state index contributed by atoms with van der Waals surface area (Å²) < 4.78 is 2.34. The van der Waals surface area contributed by atoms with Crippen LogP contribution >= 0.6 is 0 Å². The second-order valence-corrected chi connectivity index (χ2v) is 14.3. The maximum absolute atomic E-state index is 5.40. The van der Waals surface area contributed by atoms with Crippen molar-refractivity contribution in [2.75, 3.05) is 9.80 Å². The zero-order chi connectivity index (χ0) is 35.4. The number of imidazole rings is 1. The van der Waals surface area contributed by atoms with Gasteiger partial charge in [0.25, 0.3) is 0 Å². The van der Waals surface area contributed by atoms with E-state index < -0.39 is 5.41 Å². The minimum atomic E-state index is -0.561. The molecular formula is C50H32N4. The standard InChI is InChI=1S/C50H32N4/c1-2-16-33(17-3-1)52-46-27-13-8-22-40(46)50(41-23-9-14-28-47(41)52)39-21-7-4-18-35(39)36-31-30-34(32-42(36)50)53-44-25-11-5-19-37(44)38-20-6-12-26-45(38)54-48-29-15-10-24-43(48)51-49(53)54/h1-32H. The Balaban J connectivity index is 1.18. The van der Waals surface area contributed by atoms with Crippen LogP contribution in [0.3, 0.4) is 0 Å². The number of rotatable bonds is 2. The molecule has 8 aromatic carbocycles. The quantitative estimate of drug-likeness (QED) is 0.181. The molecular weight excluding hydrogens is 657 g/mol. The zero-order valence-electron chi connectivity index (χ0n) is 29.3. The van der Waals surface area contributed by atoms with Gasteiger partial charge in [-0.3, -0.25) is 9.47 Å². The van der Waals surface area contributed by atoms with E-state index in [9.17, 15) is 0 Å². The van der Waals surface area contributed by atoms with Gasteiger partial charge in [0.2, 0.25) is 5.95 Å². The largest absolute Gasteiger partial charge is 0.310 e. The molecule has 0 unspecified atom stereocenters. The molecule has 0 amide bonds. The summed E-state index contributed by atoms with van der Waals surface area (Å²) in [5.74, 6) is 0.873. The number of hydrogen-bond acceptors (Lipinski definition) is 3. The van der Waals surface area contributed by atoms with Gasteiger partial charge in [-0.1, -0.05) is 133 Å². The fourth-order valence-electron chi connectivity index (χ4n) is 9.64. The number of anilines is 6. The number of fused-ring (bicyclic) bond motifs is 16. The van der Waals surface area contributed by atoms with Crippen LogP contribution in [0.5, 0.6) is 0 Å². The summed E-state index contributed by atoms with van der Waals surface area (Å²) in [5, 5.41) is 0. The van der Waals surface area contributed by atoms with Gasteiger partial charge in [-0.15, -0.1) is 0 Å². The summed E-state index contributed by atoms with van der Waals surface area (Å²) in [7, 11) is 0. The fourth-order valence-corrected chi connectivity index (χ4v) is 9.64. The van der Waals surface area contributed by atoms with Gasteiger partial charge in [0, 0.05) is 22.5 Å². The van der Waals surface area contributed by atoms with Crippen LogP contribution in [-0.4, -0.2) is 9.55 Å². The third kappa shape index (κ3) is 3.74. The van der Waals surface area contributed by atoms with E-state index in [2.05, 4.69) is 208 Å². The molecule has 54 heavy (non-hydrogen) atoms. The van der Waals surface area contributed by atoms with Crippen molar-refractivity contribution in [2.24, 2.45) is 0 Å². The van der Waals surface area contributed by atoms with Crippen molar-refractivity contribution in [2.45, 2.75) is 5.41 Å². The first-order chi connectivity index (χ1) is 26.8. The molecule has 9 aromatic rings. The Morgan fingerprint density at radius 1 is 0.352 bits per heavy atom. The van der Waals surface area contributed by atoms with Crippen LogP contribution in [0.25, 0.3) is 39.0 Å². The molecule has 0 radical (unpaired) electrons. The molecule has 0 fully saturated rings. The summed E-state index contributed by atoms with van der Waals surface area (Å²) in [6, 6.07) is 70.9. The van der Waals surface area contributed by atoms with Crippen molar-refractivity contribution in [3.8, 4) is 27.9 Å². The molecule has 0 bridgehead atoms. The summed E-state index contributed by atoms with van der Waals surface area (Å²) in [6.07, 6.45) is 0. The van der Waals surface area contributed by atoms with Crippen LogP contribution in [0.2, 0.25) is 0 Å². The predicted octanol–water partition coefficient (Wildman–Crippen LogP) is 12.6. The first-order valence-electron chi connectivity index (χ1n) is 18.6. The monoisotopic (exact) mass is 688 g/mol. The second-order valence-electron chi connectivity index (χ2n) is 14.3. The molecule has 4 nitrogen and oxygen atoms in total. The van der Waals surface area contributed by atoms with E-state index in [0.29, 0.717) is 0 Å². The van der Waals surface area contributed by atoms with E-state index in [-0.39, 0.29) is 0 Å². The van der Waals surface area contributed by atoms with Crippen molar-refractivity contribution in [1.82, 2.24) is 9.55 Å². The zero-order valence-corrected chi connectivity index (χ0v) is 29.3. The Labute approximate surface area is 313 Å². The highest BCUT2D eigenvalue weighted by molar-refractivity contribution is 5.99. The van der Waals surface area contributed by atoms with Crippen molar-refractivity contribution in [3.05, 3.63) is 216 Å².